The van der Waals surface area contributed by atoms with Crippen molar-refractivity contribution in [2.45, 2.75) is 6.92 Å². The molecule has 0 aromatic heterocycles. The number of amides is 2. The standard InChI is InChI=1S/C18H18N2O5/c1-12-4-2-3-5-15(12)20-17(22)11-25-18(23)13-6-8-14(9-7-13)24-10-16(19)21/h2-9H,10-11H2,1H3,(H2,19,21)(H,20,22). The fraction of sp³-hybridized carbons (Fsp3) is 0.167. The molecule has 0 aliphatic carbocycles. The number of carbonyl (C=O) groups excluding carboxylic acids is 3. The molecule has 0 aliphatic rings. The summed E-state index contributed by atoms with van der Waals surface area (Å²) in [5.41, 5.74) is 6.81. The molecule has 130 valence electrons. The van der Waals surface area contributed by atoms with Gasteiger partial charge in [0.05, 0.1) is 5.56 Å². The highest BCUT2D eigenvalue weighted by molar-refractivity contribution is 5.95. The molecule has 0 aliphatic heterocycles. The number of nitrogens with two attached hydrogens (primary N) is 1. The molecule has 7 heteroatoms. The molecule has 25 heavy (non-hydrogen) atoms. The molecule has 0 unspecified atom stereocenters. The largest absolute Gasteiger partial charge is 0.484 e. The van der Waals surface area contributed by atoms with Crippen LogP contribution in [0.4, 0.5) is 5.69 Å². The first-order chi connectivity index (χ1) is 12.0. The predicted molar refractivity (Wildman–Crippen MR) is 91.2 cm³/mol. The number of aryl methyl sites for hydroxylation is 1. The van der Waals surface area contributed by atoms with Crippen molar-refractivity contribution >= 4 is 23.5 Å². The van der Waals surface area contributed by atoms with Crippen LogP contribution < -0.4 is 15.8 Å². The van der Waals surface area contributed by atoms with Gasteiger partial charge in [0.15, 0.2) is 13.2 Å². The normalized spacial score (nSPS) is 9.96. The number of rotatable bonds is 7. The van der Waals surface area contributed by atoms with Gasteiger partial charge in [0.25, 0.3) is 11.8 Å². The first-order valence-electron chi connectivity index (χ1n) is 7.49. The lowest BCUT2D eigenvalue weighted by molar-refractivity contribution is -0.120. The number of ether oxygens (including phenoxy) is 2. The summed E-state index contributed by atoms with van der Waals surface area (Å²) in [4.78, 5) is 34.4. The molecule has 0 radical (unpaired) electrons. The molecule has 7 nitrogen and oxygen atoms in total. The number of anilines is 1. The highest BCUT2D eigenvalue weighted by atomic mass is 16.5. The second-order valence-electron chi connectivity index (χ2n) is 5.22. The van der Waals surface area contributed by atoms with Gasteiger partial charge in [-0.3, -0.25) is 9.59 Å². The molecule has 0 atom stereocenters. The van der Waals surface area contributed by atoms with Crippen LogP contribution in [0.3, 0.4) is 0 Å². The van der Waals surface area contributed by atoms with Crippen LogP contribution in [-0.2, 0) is 14.3 Å². The number of hydrogen-bond acceptors (Lipinski definition) is 5. The Labute approximate surface area is 144 Å². The molecule has 2 rings (SSSR count). The van der Waals surface area contributed by atoms with Gasteiger partial charge in [0.1, 0.15) is 5.75 Å². The van der Waals surface area contributed by atoms with Crippen LogP contribution in [0.15, 0.2) is 48.5 Å². The minimum absolute atomic E-state index is 0.247. The second kappa shape index (κ2) is 8.49. The van der Waals surface area contributed by atoms with Gasteiger partial charge in [0, 0.05) is 5.69 Å². The maximum absolute atomic E-state index is 11.9. The fourth-order valence-electron chi connectivity index (χ4n) is 1.96. The lowest BCUT2D eigenvalue weighted by Gasteiger charge is -2.09. The van der Waals surface area contributed by atoms with Crippen molar-refractivity contribution < 1.29 is 23.9 Å². The quantitative estimate of drug-likeness (QED) is 0.744. The highest BCUT2D eigenvalue weighted by Crippen LogP contribution is 2.14. The Morgan fingerprint density at radius 2 is 1.68 bits per heavy atom. The van der Waals surface area contributed by atoms with E-state index in [1.807, 2.05) is 19.1 Å². The molecule has 0 saturated carbocycles. The molecule has 0 spiro atoms. The monoisotopic (exact) mass is 342 g/mol. The summed E-state index contributed by atoms with van der Waals surface area (Å²) < 4.78 is 10.1. The van der Waals surface area contributed by atoms with Crippen molar-refractivity contribution in [3.8, 4) is 5.75 Å². The van der Waals surface area contributed by atoms with E-state index in [-0.39, 0.29) is 12.2 Å². The fourth-order valence-corrected chi connectivity index (χ4v) is 1.96. The smallest absolute Gasteiger partial charge is 0.338 e. The molecule has 0 fully saturated rings. The summed E-state index contributed by atoms with van der Waals surface area (Å²) in [6.45, 7) is 1.22. The van der Waals surface area contributed by atoms with Crippen LogP contribution in [0.1, 0.15) is 15.9 Å². The van der Waals surface area contributed by atoms with E-state index in [1.165, 1.54) is 24.3 Å². The highest BCUT2D eigenvalue weighted by Gasteiger charge is 2.11. The van der Waals surface area contributed by atoms with Crippen molar-refractivity contribution in [3.63, 3.8) is 0 Å². The maximum atomic E-state index is 11.9. The van der Waals surface area contributed by atoms with Gasteiger partial charge in [-0.1, -0.05) is 18.2 Å². The van der Waals surface area contributed by atoms with E-state index in [0.717, 1.165) is 5.56 Å². The Hall–Kier alpha value is -3.35. The average Bonchev–Trinajstić information content (AvgIpc) is 2.60. The van der Waals surface area contributed by atoms with Crippen molar-refractivity contribution in [2.24, 2.45) is 5.73 Å². The third kappa shape index (κ3) is 5.65. The van der Waals surface area contributed by atoms with Gasteiger partial charge in [0.2, 0.25) is 0 Å². The van der Waals surface area contributed by atoms with Gasteiger partial charge in [-0.15, -0.1) is 0 Å². The van der Waals surface area contributed by atoms with E-state index in [9.17, 15) is 14.4 Å². The summed E-state index contributed by atoms with van der Waals surface area (Å²) in [7, 11) is 0. The zero-order valence-corrected chi connectivity index (χ0v) is 13.7. The van der Waals surface area contributed by atoms with Crippen LogP contribution in [-0.4, -0.2) is 31.0 Å². The Morgan fingerprint density at radius 3 is 2.32 bits per heavy atom. The number of nitrogens with one attached hydrogen (secondary N) is 1. The van der Waals surface area contributed by atoms with E-state index < -0.39 is 24.4 Å². The molecule has 2 aromatic carbocycles. The Balaban J connectivity index is 1.84. The van der Waals surface area contributed by atoms with Crippen LogP contribution in [0, 0.1) is 6.92 Å². The van der Waals surface area contributed by atoms with Crippen LogP contribution >= 0.6 is 0 Å². The zero-order chi connectivity index (χ0) is 18.2. The molecular weight excluding hydrogens is 324 g/mol. The zero-order valence-electron chi connectivity index (χ0n) is 13.7. The Morgan fingerprint density at radius 1 is 1.00 bits per heavy atom. The van der Waals surface area contributed by atoms with Crippen LogP contribution in [0.25, 0.3) is 0 Å². The van der Waals surface area contributed by atoms with E-state index in [2.05, 4.69) is 5.32 Å². The Bertz CT molecular complexity index is 771. The van der Waals surface area contributed by atoms with Crippen LogP contribution in [0.2, 0.25) is 0 Å². The van der Waals surface area contributed by atoms with E-state index in [4.69, 9.17) is 15.2 Å². The first kappa shape index (κ1) is 18.0. The van der Waals surface area contributed by atoms with Gasteiger partial charge in [-0.05, 0) is 42.8 Å². The van der Waals surface area contributed by atoms with Crippen molar-refractivity contribution in [1.82, 2.24) is 0 Å². The lowest BCUT2D eigenvalue weighted by Crippen LogP contribution is -2.21. The third-order valence-corrected chi connectivity index (χ3v) is 3.22. The summed E-state index contributed by atoms with van der Waals surface area (Å²) in [6.07, 6.45) is 0. The van der Waals surface area contributed by atoms with Gasteiger partial charge in [-0.25, -0.2) is 4.79 Å². The molecule has 3 N–H and O–H groups in total. The SMILES string of the molecule is Cc1ccccc1NC(=O)COC(=O)c1ccc(OCC(N)=O)cc1. The number of para-hydroxylation sites is 1. The summed E-state index contributed by atoms with van der Waals surface area (Å²) in [5.74, 6) is -1.26. The molecule has 2 amide bonds. The predicted octanol–water partition coefficient (Wildman–Crippen LogP) is 1.65. The Kier molecular flexibility index (Phi) is 6.11. The van der Waals surface area contributed by atoms with E-state index in [1.54, 1.807) is 12.1 Å². The maximum Gasteiger partial charge on any atom is 0.338 e. The van der Waals surface area contributed by atoms with E-state index >= 15 is 0 Å². The third-order valence-electron chi connectivity index (χ3n) is 3.22. The van der Waals surface area contributed by atoms with Crippen molar-refractivity contribution in [1.29, 1.82) is 0 Å². The summed E-state index contributed by atoms with van der Waals surface area (Å²) in [6, 6.07) is 13.2. The number of primary amides is 1. The van der Waals surface area contributed by atoms with Crippen LogP contribution in [0.5, 0.6) is 5.75 Å². The van der Waals surface area contributed by atoms with Crippen molar-refractivity contribution in [2.75, 3.05) is 18.5 Å². The number of hydrogen-bond donors (Lipinski definition) is 2. The summed E-state index contributed by atoms with van der Waals surface area (Å²) in [5, 5.41) is 2.67. The number of carbonyl (C=O) groups is 3. The molecule has 2 aromatic rings. The number of benzene rings is 2. The minimum Gasteiger partial charge on any atom is -0.484 e. The van der Waals surface area contributed by atoms with Crippen molar-refractivity contribution in [3.05, 3.63) is 59.7 Å². The second-order valence-corrected chi connectivity index (χ2v) is 5.22. The van der Waals surface area contributed by atoms with Gasteiger partial charge >= 0.3 is 5.97 Å². The molecule has 0 bridgehead atoms. The summed E-state index contributed by atoms with van der Waals surface area (Å²) >= 11 is 0. The van der Waals surface area contributed by atoms with E-state index in [0.29, 0.717) is 11.4 Å². The molecule has 0 saturated heterocycles. The first-order valence-corrected chi connectivity index (χ1v) is 7.49. The molecular formula is C18H18N2O5. The number of esters is 1. The minimum atomic E-state index is -0.638. The topological polar surface area (TPSA) is 108 Å². The lowest BCUT2D eigenvalue weighted by atomic mass is 10.2. The van der Waals surface area contributed by atoms with Gasteiger partial charge in [-0.2, -0.15) is 0 Å². The van der Waals surface area contributed by atoms with Gasteiger partial charge < -0.3 is 20.5 Å². The average molecular weight is 342 g/mol. The molecule has 0 heterocycles.